The summed E-state index contributed by atoms with van der Waals surface area (Å²) in [4.78, 5) is 0. The number of aromatic hydroxyl groups is 1. The molecule has 1 aromatic carbocycles. The summed E-state index contributed by atoms with van der Waals surface area (Å²) in [6, 6.07) is 1.64. The lowest BCUT2D eigenvalue weighted by Gasteiger charge is -1.99. The van der Waals surface area contributed by atoms with E-state index in [4.69, 9.17) is 16.7 Å². The third kappa shape index (κ3) is 2.42. The predicted octanol–water partition coefficient (Wildman–Crippen LogP) is 2.92. The van der Waals surface area contributed by atoms with Crippen LogP contribution in [0.2, 0.25) is 0 Å². The van der Waals surface area contributed by atoms with Crippen molar-refractivity contribution in [3.05, 3.63) is 35.4 Å². The van der Waals surface area contributed by atoms with Crippen molar-refractivity contribution in [2.24, 2.45) is 0 Å². The van der Waals surface area contributed by atoms with Gasteiger partial charge in [-0.1, -0.05) is 12.2 Å². The van der Waals surface area contributed by atoms with Crippen LogP contribution in [0.15, 0.2) is 18.2 Å². The molecule has 1 nitrogen and oxygen atoms in total. The average Bonchev–Trinajstić information content (AvgIpc) is 2.09. The zero-order chi connectivity index (χ0) is 9.84. The highest BCUT2D eigenvalue weighted by Gasteiger charge is 2.05. The lowest BCUT2D eigenvalue weighted by atomic mass is 10.2. The van der Waals surface area contributed by atoms with Gasteiger partial charge >= 0.3 is 0 Å². The molecule has 0 amide bonds. The largest absolute Gasteiger partial charge is 0.507 e. The van der Waals surface area contributed by atoms with E-state index in [1.165, 1.54) is 12.2 Å². The SMILES string of the molecule is Oc1cc(F)c(F)cc1C=CCCl. The second-order valence-electron chi connectivity index (χ2n) is 2.38. The molecule has 0 bridgehead atoms. The minimum atomic E-state index is -1.07. The fourth-order valence-corrected chi connectivity index (χ4v) is 0.946. The molecular formula is C9H7ClF2O. The van der Waals surface area contributed by atoms with Crippen molar-refractivity contribution in [3.63, 3.8) is 0 Å². The monoisotopic (exact) mass is 204 g/mol. The first-order valence-electron chi connectivity index (χ1n) is 3.55. The molecule has 1 aromatic rings. The molecule has 0 saturated carbocycles. The second-order valence-corrected chi connectivity index (χ2v) is 2.69. The Bertz CT molecular complexity index is 337. The van der Waals surface area contributed by atoms with Crippen LogP contribution in [-0.2, 0) is 0 Å². The van der Waals surface area contributed by atoms with Gasteiger partial charge in [0.2, 0.25) is 0 Å². The third-order valence-electron chi connectivity index (χ3n) is 1.46. The fourth-order valence-electron chi connectivity index (χ4n) is 0.857. The van der Waals surface area contributed by atoms with Crippen molar-refractivity contribution in [3.8, 4) is 5.75 Å². The summed E-state index contributed by atoms with van der Waals surface area (Å²) < 4.78 is 25.1. The Hall–Kier alpha value is -1.09. The molecule has 0 unspecified atom stereocenters. The lowest BCUT2D eigenvalue weighted by molar-refractivity contribution is 0.453. The number of hydrogen-bond donors (Lipinski definition) is 1. The Labute approximate surface area is 79.3 Å². The first kappa shape index (κ1) is 9.99. The van der Waals surface area contributed by atoms with Crippen LogP contribution in [0, 0.1) is 11.6 Å². The zero-order valence-corrected chi connectivity index (χ0v) is 7.35. The Morgan fingerprint density at radius 1 is 1.31 bits per heavy atom. The van der Waals surface area contributed by atoms with E-state index in [1.54, 1.807) is 0 Å². The van der Waals surface area contributed by atoms with Crippen molar-refractivity contribution < 1.29 is 13.9 Å². The van der Waals surface area contributed by atoms with E-state index in [2.05, 4.69) is 0 Å². The zero-order valence-electron chi connectivity index (χ0n) is 6.60. The molecule has 0 aliphatic heterocycles. The number of benzene rings is 1. The van der Waals surface area contributed by atoms with Crippen molar-refractivity contribution >= 4 is 17.7 Å². The van der Waals surface area contributed by atoms with Crippen molar-refractivity contribution in [1.82, 2.24) is 0 Å². The summed E-state index contributed by atoms with van der Waals surface area (Å²) in [6.07, 6.45) is 2.94. The molecule has 0 fully saturated rings. The van der Waals surface area contributed by atoms with Gasteiger partial charge in [-0.05, 0) is 6.07 Å². The number of phenolic OH excluding ortho intramolecular Hbond substituents is 1. The molecule has 0 spiro atoms. The summed E-state index contributed by atoms with van der Waals surface area (Å²) >= 11 is 5.34. The van der Waals surface area contributed by atoms with Crippen LogP contribution >= 0.6 is 11.6 Å². The van der Waals surface area contributed by atoms with E-state index in [0.29, 0.717) is 0 Å². The predicted molar refractivity (Wildman–Crippen MR) is 47.8 cm³/mol. The fraction of sp³-hybridized carbons (Fsp3) is 0.111. The summed E-state index contributed by atoms with van der Waals surface area (Å²) in [5.74, 6) is -2.12. The topological polar surface area (TPSA) is 20.2 Å². The normalized spacial score (nSPS) is 11.0. The van der Waals surface area contributed by atoms with E-state index in [1.807, 2.05) is 0 Å². The molecule has 4 heteroatoms. The molecular weight excluding hydrogens is 198 g/mol. The maximum Gasteiger partial charge on any atom is 0.162 e. The highest BCUT2D eigenvalue weighted by molar-refractivity contribution is 6.19. The van der Waals surface area contributed by atoms with Crippen LogP contribution in [0.25, 0.3) is 6.08 Å². The third-order valence-corrected chi connectivity index (χ3v) is 1.63. The van der Waals surface area contributed by atoms with Gasteiger partial charge in [0.05, 0.1) is 0 Å². The van der Waals surface area contributed by atoms with Crippen LogP contribution in [0.1, 0.15) is 5.56 Å². The molecule has 70 valence electrons. The summed E-state index contributed by atoms with van der Waals surface area (Å²) in [7, 11) is 0. The highest BCUT2D eigenvalue weighted by atomic mass is 35.5. The Morgan fingerprint density at radius 2 is 1.92 bits per heavy atom. The Morgan fingerprint density at radius 3 is 2.54 bits per heavy atom. The maximum atomic E-state index is 12.6. The standard InChI is InChI=1S/C9H7ClF2O/c10-3-1-2-6-4-7(11)8(12)5-9(6)13/h1-2,4-5,13H,3H2. The highest BCUT2D eigenvalue weighted by Crippen LogP contribution is 2.21. The van der Waals surface area contributed by atoms with Gasteiger partial charge in [-0.2, -0.15) is 0 Å². The van der Waals surface area contributed by atoms with E-state index in [-0.39, 0.29) is 17.2 Å². The Balaban J connectivity index is 3.08. The second kappa shape index (κ2) is 4.23. The van der Waals surface area contributed by atoms with Crippen LogP contribution < -0.4 is 0 Å². The molecule has 1 rings (SSSR count). The number of allylic oxidation sites excluding steroid dienone is 1. The molecule has 0 aliphatic rings. The van der Waals surface area contributed by atoms with Crippen molar-refractivity contribution in [1.29, 1.82) is 0 Å². The molecule has 0 aliphatic carbocycles. The van der Waals surface area contributed by atoms with Gasteiger partial charge in [-0.3, -0.25) is 0 Å². The number of hydrogen-bond acceptors (Lipinski definition) is 1. The number of halogens is 3. The number of phenols is 1. The van der Waals surface area contributed by atoms with Crippen LogP contribution in [0.3, 0.4) is 0 Å². The van der Waals surface area contributed by atoms with Crippen molar-refractivity contribution in [2.45, 2.75) is 0 Å². The minimum absolute atomic E-state index is 0.208. The molecule has 0 atom stereocenters. The molecule has 0 saturated heterocycles. The molecule has 0 aromatic heterocycles. The summed E-state index contributed by atoms with van der Waals surface area (Å²) in [5.41, 5.74) is 0.208. The van der Waals surface area contributed by atoms with Gasteiger partial charge < -0.3 is 5.11 Å². The van der Waals surface area contributed by atoms with E-state index < -0.39 is 11.6 Å². The maximum absolute atomic E-state index is 12.6. The van der Waals surface area contributed by atoms with Gasteiger partial charge in [0.1, 0.15) is 5.75 Å². The van der Waals surface area contributed by atoms with Crippen LogP contribution in [0.5, 0.6) is 5.75 Å². The van der Waals surface area contributed by atoms with Gasteiger partial charge in [-0.15, -0.1) is 11.6 Å². The van der Waals surface area contributed by atoms with E-state index in [9.17, 15) is 8.78 Å². The smallest absolute Gasteiger partial charge is 0.162 e. The van der Waals surface area contributed by atoms with Gasteiger partial charge in [0.25, 0.3) is 0 Å². The van der Waals surface area contributed by atoms with E-state index in [0.717, 1.165) is 12.1 Å². The lowest BCUT2D eigenvalue weighted by Crippen LogP contribution is -1.85. The molecule has 13 heavy (non-hydrogen) atoms. The average molecular weight is 205 g/mol. The quantitative estimate of drug-likeness (QED) is 0.735. The number of rotatable bonds is 2. The van der Waals surface area contributed by atoms with Gasteiger partial charge in [0.15, 0.2) is 11.6 Å². The first-order valence-corrected chi connectivity index (χ1v) is 4.09. The van der Waals surface area contributed by atoms with Crippen molar-refractivity contribution in [2.75, 3.05) is 5.88 Å². The molecule has 1 N–H and O–H groups in total. The Kier molecular flexibility index (Phi) is 3.25. The van der Waals surface area contributed by atoms with E-state index >= 15 is 0 Å². The van der Waals surface area contributed by atoms with Gasteiger partial charge in [-0.25, -0.2) is 8.78 Å². The van der Waals surface area contributed by atoms with Gasteiger partial charge in [0, 0.05) is 17.5 Å². The summed E-state index contributed by atoms with van der Waals surface area (Å²) in [5, 5.41) is 9.14. The van der Waals surface area contributed by atoms with Crippen LogP contribution in [-0.4, -0.2) is 11.0 Å². The summed E-state index contributed by atoms with van der Waals surface area (Å²) in [6.45, 7) is 0. The van der Waals surface area contributed by atoms with Crippen LogP contribution in [0.4, 0.5) is 8.78 Å². The minimum Gasteiger partial charge on any atom is -0.507 e. The first-order chi connectivity index (χ1) is 6.15. The molecule has 0 heterocycles. The number of alkyl halides is 1. The molecule has 0 radical (unpaired) electrons.